The largest absolute Gasteiger partial charge is 0.481 e. The monoisotopic (exact) mass is 566 g/mol. The Kier molecular flexibility index (Phi) is 12.0. The second-order valence-corrected chi connectivity index (χ2v) is 10.5. The molecule has 12 nitrogen and oxygen atoms in total. The van der Waals surface area contributed by atoms with Gasteiger partial charge in [-0.25, -0.2) is 4.79 Å². The van der Waals surface area contributed by atoms with Gasteiger partial charge in [0.25, 0.3) is 11.6 Å². The standard InChI is InChI=1S/C11H12Cl2N2O5.C10H16N2O3S/c12-10(13)11(18)14-8(5-16)9(17)6-1-3-7(4-2-6)15(19)20;13-8(14)4-2-1-3-7-9-6(5-16-7)11-10(15)12-9/h1-4,8-10,16-17H,5H2,(H,14,18);6-7,9H,1-5H2,(H,13,14)(H2,11,12,15)/t8-,9-;6-,7-,9-/m10/s1. The quantitative estimate of drug-likeness (QED) is 0.0760. The number of halogens is 2. The number of aliphatic hydroxyl groups excluding tert-OH is 2. The van der Waals surface area contributed by atoms with Gasteiger partial charge in [-0.1, -0.05) is 29.6 Å². The molecule has 1 aromatic carbocycles. The molecular weight excluding hydrogens is 539 g/mol. The highest BCUT2D eigenvalue weighted by Gasteiger charge is 2.42. The van der Waals surface area contributed by atoms with Gasteiger partial charge in [0.05, 0.1) is 29.7 Å². The second kappa shape index (κ2) is 14.4. The first-order chi connectivity index (χ1) is 17.0. The number of rotatable bonds is 11. The van der Waals surface area contributed by atoms with E-state index in [1.807, 2.05) is 11.8 Å². The molecule has 3 rings (SSSR count). The molecule has 0 unspecified atom stereocenters. The molecule has 2 fully saturated rings. The number of amides is 3. The molecule has 36 heavy (non-hydrogen) atoms. The number of benzene rings is 1. The van der Waals surface area contributed by atoms with Crippen molar-refractivity contribution >= 4 is 58.6 Å². The van der Waals surface area contributed by atoms with Gasteiger partial charge in [-0.15, -0.1) is 0 Å². The van der Waals surface area contributed by atoms with Gasteiger partial charge in [-0.3, -0.25) is 19.7 Å². The molecule has 0 aliphatic carbocycles. The third-order valence-electron chi connectivity index (χ3n) is 5.62. The summed E-state index contributed by atoms with van der Waals surface area (Å²) in [5.74, 6) is -0.520. The summed E-state index contributed by atoms with van der Waals surface area (Å²) in [6, 6.07) is 4.49. The molecule has 15 heteroatoms. The van der Waals surface area contributed by atoms with Crippen LogP contribution in [0.4, 0.5) is 10.5 Å². The Bertz CT molecular complexity index is 924. The number of hydrogen-bond acceptors (Lipinski definition) is 8. The number of nitro benzene ring substituents is 1. The van der Waals surface area contributed by atoms with E-state index < -0.39 is 40.4 Å². The maximum Gasteiger partial charge on any atom is 0.315 e. The number of nitrogens with one attached hydrogen (secondary N) is 3. The van der Waals surface area contributed by atoms with E-state index in [9.17, 15) is 29.6 Å². The van der Waals surface area contributed by atoms with Crippen molar-refractivity contribution < 1.29 is 34.6 Å². The first kappa shape index (κ1) is 29.9. The van der Waals surface area contributed by atoms with Crippen LogP contribution in [0.25, 0.3) is 0 Å². The smallest absolute Gasteiger partial charge is 0.315 e. The first-order valence-electron chi connectivity index (χ1n) is 11.1. The molecule has 0 radical (unpaired) electrons. The number of aliphatic carboxylic acids is 1. The molecule has 2 aliphatic rings. The molecule has 1 aromatic rings. The number of carboxylic acids is 1. The number of thioether (sulfide) groups is 1. The van der Waals surface area contributed by atoms with E-state index in [0.29, 0.717) is 10.8 Å². The fraction of sp³-hybridized carbons (Fsp3) is 0.571. The van der Waals surface area contributed by atoms with Gasteiger partial charge >= 0.3 is 12.0 Å². The normalized spacial score (nSPS) is 21.9. The predicted octanol–water partition coefficient (Wildman–Crippen LogP) is 1.71. The number of fused-ring (bicyclic) bond motifs is 1. The van der Waals surface area contributed by atoms with Gasteiger partial charge in [-0.05, 0) is 30.5 Å². The van der Waals surface area contributed by atoms with Crippen molar-refractivity contribution in [3.05, 3.63) is 39.9 Å². The molecule has 200 valence electrons. The van der Waals surface area contributed by atoms with Crippen LogP contribution < -0.4 is 16.0 Å². The number of unbranched alkanes of at least 4 members (excludes halogenated alkanes) is 1. The zero-order valence-electron chi connectivity index (χ0n) is 19.0. The average molecular weight is 567 g/mol. The van der Waals surface area contributed by atoms with Gasteiger partial charge in [0, 0.05) is 29.6 Å². The van der Waals surface area contributed by atoms with Crippen molar-refractivity contribution in [2.24, 2.45) is 0 Å². The Morgan fingerprint density at radius 1 is 1.22 bits per heavy atom. The number of alkyl halides is 2. The molecule has 2 saturated heterocycles. The Morgan fingerprint density at radius 2 is 1.89 bits per heavy atom. The Labute approximate surface area is 221 Å². The predicted molar refractivity (Wildman–Crippen MR) is 134 cm³/mol. The van der Waals surface area contributed by atoms with Crippen LogP contribution in [0.5, 0.6) is 0 Å². The minimum absolute atomic E-state index is 0.0640. The third kappa shape index (κ3) is 8.96. The SMILES string of the molecule is O=C(N[C@H](CO)[C@H](O)c1ccc([N+](=O)[O-])cc1)C(Cl)Cl.O=C(O)CCCC[C@@H]1SC[C@@H]2NC(=O)N[C@@H]21. The topological polar surface area (TPSA) is 191 Å². The number of nitrogens with zero attached hydrogens (tertiary/aromatic N) is 1. The maximum absolute atomic E-state index is 11.3. The van der Waals surface area contributed by atoms with E-state index in [-0.39, 0.29) is 30.2 Å². The van der Waals surface area contributed by atoms with Crippen LogP contribution in [0.3, 0.4) is 0 Å². The fourth-order valence-electron chi connectivity index (χ4n) is 3.76. The average Bonchev–Trinajstić information content (AvgIpc) is 3.39. The minimum atomic E-state index is -1.33. The van der Waals surface area contributed by atoms with Crippen molar-refractivity contribution in [2.45, 2.75) is 60.0 Å². The number of carboxylic acid groups (broad SMARTS) is 1. The number of carbonyl (C=O) groups excluding carboxylic acids is 2. The summed E-state index contributed by atoms with van der Waals surface area (Å²) in [5.41, 5.74) is 0.169. The van der Waals surface area contributed by atoms with E-state index in [4.69, 9.17) is 33.4 Å². The summed E-state index contributed by atoms with van der Waals surface area (Å²) in [6.45, 7) is -0.551. The van der Waals surface area contributed by atoms with Crippen molar-refractivity contribution in [2.75, 3.05) is 12.4 Å². The minimum Gasteiger partial charge on any atom is -0.481 e. The van der Waals surface area contributed by atoms with Crippen molar-refractivity contribution in [3.63, 3.8) is 0 Å². The van der Waals surface area contributed by atoms with Gasteiger partial charge in [-0.2, -0.15) is 11.8 Å². The summed E-state index contributed by atoms with van der Waals surface area (Å²) < 4.78 is 0. The molecule has 3 amide bonds. The number of urea groups is 1. The van der Waals surface area contributed by atoms with Gasteiger partial charge in [0.15, 0.2) is 4.84 Å². The van der Waals surface area contributed by atoms with E-state index in [1.54, 1.807) is 0 Å². The van der Waals surface area contributed by atoms with Crippen LogP contribution in [0.2, 0.25) is 0 Å². The lowest BCUT2D eigenvalue weighted by Gasteiger charge is -2.22. The summed E-state index contributed by atoms with van der Waals surface area (Å²) in [5, 5.41) is 46.7. The van der Waals surface area contributed by atoms with Crippen LogP contribution in [0, 0.1) is 10.1 Å². The Morgan fingerprint density at radius 3 is 2.44 bits per heavy atom. The number of non-ortho nitro benzene ring substituents is 1. The van der Waals surface area contributed by atoms with E-state index in [2.05, 4.69) is 16.0 Å². The summed E-state index contributed by atoms with van der Waals surface area (Å²) >= 11 is 12.6. The number of aliphatic hydroxyl groups is 2. The fourth-order valence-corrected chi connectivity index (χ4v) is 5.43. The van der Waals surface area contributed by atoms with E-state index >= 15 is 0 Å². The zero-order chi connectivity index (χ0) is 26.8. The molecule has 5 atom stereocenters. The highest BCUT2D eigenvalue weighted by atomic mass is 35.5. The molecule has 0 saturated carbocycles. The van der Waals surface area contributed by atoms with Crippen LogP contribution in [0.15, 0.2) is 24.3 Å². The van der Waals surface area contributed by atoms with Crippen LogP contribution >= 0.6 is 35.0 Å². The highest BCUT2D eigenvalue weighted by molar-refractivity contribution is 8.00. The van der Waals surface area contributed by atoms with Crippen LogP contribution in [-0.4, -0.2) is 78.7 Å². The second-order valence-electron chi connectivity index (χ2n) is 8.15. The van der Waals surface area contributed by atoms with Crippen LogP contribution in [-0.2, 0) is 9.59 Å². The summed E-state index contributed by atoms with van der Waals surface area (Å²) in [7, 11) is 0. The van der Waals surface area contributed by atoms with Crippen molar-refractivity contribution in [1.82, 2.24) is 16.0 Å². The molecule has 0 spiro atoms. The maximum atomic E-state index is 11.3. The van der Waals surface area contributed by atoms with E-state index in [1.165, 1.54) is 24.3 Å². The highest BCUT2D eigenvalue weighted by Crippen LogP contribution is 2.33. The lowest BCUT2D eigenvalue weighted by Crippen LogP contribution is -2.44. The van der Waals surface area contributed by atoms with Crippen molar-refractivity contribution in [3.8, 4) is 0 Å². The molecule has 0 bridgehead atoms. The van der Waals surface area contributed by atoms with Crippen molar-refractivity contribution in [1.29, 1.82) is 0 Å². The van der Waals surface area contributed by atoms with Crippen LogP contribution in [0.1, 0.15) is 37.4 Å². The Hall–Kier alpha value is -2.32. The lowest BCUT2D eigenvalue weighted by molar-refractivity contribution is -0.384. The Balaban J connectivity index is 0.000000259. The summed E-state index contributed by atoms with van der Waals surface area (Å²) in [6.07, 6.45) is 1.63. The number of nitro groups is 1. The summed E-state index contributed by atoms with van der Waals surface area (Å²) in [4.78, 5) is 41.4. The molecule has 0 aromatic heterocycles. The third-order valence-corrected chi connectivity index (χ3v) is 7.52. The number of carbonyl (C=O) groups is 3. The van der Waals surface area contributed by atoms with Gasteiger partial charge in [0.1, 0.15) is 6.10 Å². The number of hydrogen-bond donors (Lipinski definition) is 6. The molecular formula is C21H28Cl2N4O8S. The van der Waals surface area contributed by atoms with Gasteiger partial charge < -0.3 is 31.3 Å². The molecule has 2 heterocycles. The molecule has 2 aliphatic heterocycles. The van der Waals surface area contributed by atoms with Gasteiger partial charge in [0.2, 0.25) is 0 Å². The van der Waals surface area contributed by atoms with E-state index in [0.717, 1.165) is 25.0 Å². The first-order valence-corrected chi connectivity index (χ1v) is 13.0. The lowest BCUT2D eigenvalue weighted by atomic mass is 10.0. The zero-order valence-corrected chi connectivity index (χ0v) is 21.3. The molecule has 6 N–H and O–H groups in total.